The fraction of sp³-hybridized carbons (Fsp3) is 0.400. The second-order valence-corrected chi connectivity index (χ2v) is 5.03. The van der Waals surface area contributed by atoms with Gasteiger partial charge >= 0.3 is 0 Å². The SMILES string of the molecule is NCc1cnc2ccccc2c1N1CCCC1CO. The third-order valence-electron chi connectivity index (χ3n) is 3.92. The molecule has 2 heterocycles. The zero-order valence-electron chi connectivity index (χ0n) is 10.9. The molecule has 0 spiro atoms. The van der Waals surface area contributed by atoms with E-state index in [4.69, 9.17) is 5.73 Å². The molecule has 100 valence electrons. The molecule has 19 heavy (non-hydrogen) atoms. The number of aliphatic hydroxyl groups excluding tert-OH is 1. The molecular formula is C15H19N3O. The van der Waals surface area contributed by atoms with Gasteiger partial charge in [0.25, 0.3) is 0 Å². The second-order valence-electron chi connectivity index (χ2n) is 5.03. The summed E-state index contributed by atoms with van der Waals surface area (Å²) in [7, 11) is 0. The van der Waals surface area contributed by atoms with Gasteiger partial charge in [0.2, 0.25) is 0 Å². The van der Waals surface area contributed by atoms with Crippen LogP contribution in [0.4, 0.5) is 5.69 Å². The van der Waals surface area contributed by atoms with E-state index in [1.54, 1.807) is 0 Å². The maximum Gasteiger partial charge on any atom is 0.0723 e. The number of aliphatic hydroxyl groups is 1. The highest BCUT2D eigenvalue weighted by atomic mass is 16.3. The minimum atomic E-state index is 0.195. The quantitative estimate of drug-likeness (QED) is 0.877. The molecule has 1 fully saturated rings. The number of hydrogen-bond donors (Lipinski definition) is 2. The van der Waals surface area contributed by atoms with Crippen molar-refractivity contribution in [1.29, 1.82) is 0 Å². The minimum absolute atomic E-state index is 0.195. The lowest BCUT2D eigenvalue weighted by Crippen LogP contribution is -2.33. The van der Waals surface area contributed by atoms with Crippen LogP contribution in [0.1, 0.15) is 18.4 Å². The summed E-state index contributed by atoms with van der Waals surface area (Å²) >= 11 is 0. The van der Waals surface area contributed by atoms with Crippen LogP contribution in [0.5, 0.6) is 0 Å². The zero-order valence-corrected chi connectivity index (χ0v) is 10.9. The summed E-state index contributed by atoms with van der Waals surface area (Å²) in [4.78, 5) is 6.76. The van der Waals surface area contributed by atoms with E-state index < -0.39 is 0 Å². The average molecular weight is 257 g/mol. The van der Waals surface area contributed by atoms with Gasteiger partial charge < -0.3 is 15.7 Å². The normalized spacial score (nSPS) is 19.3. The predicted octanol–water partition coefficient (Wildman–Crippen LogP) is 1.65. The number of nitrogens with zero attached hydrogens (tertiary/aromatic N) is 2. The maximum absolute atomic E-state index is 9.54. The molecule has 0 aliphatic carbocycles. The third kappa shape index (κ3) is 2.07. The van der Waals surface area contributed by atoms with Crippen LogP contribution >= 0.6 is 0 Å². The lowest BCUT2D eigenvalue weighted by Gasteiger charge is -2.28. The van der Waals surface area contributed by atoms with E-state index in [1.165, 1.54) is 0 Å². The first-order chi connectivity index (χ1) is 9.35. The summed E-state index contributed by atoms with van der Waals surface area (Å²) in [5, 5.41) is 10.7. The summed E-state index contributed by atoms with van der Waals surface area (Å²) in [6.07, 6.45) is 4.02. The average Bonchev–Trinajstić information content (AvgIpc) is 2.94. The van der Waals surface area contributed by atoms with E-state index >= 15 is 0 Å². The Labute approximate surface area is 112 Å². The number of anilines is 1. The monoisotopic (exact) mass is 257 g/mol. The largest absolute Gasteiger partial charge is 0.394 e. The van der Waals surface area contributed by atoms with Crippen molar-refractivity contribution in [3.63, 3.8) is 0 Å². The Balaban J connectivity index is 2.19. The summed E-state index contributed by atoms with van der Waals surface area (Å²) in [5.74, 6) is 0. The molecule has 2 aromatic rings. The van der Waals surface area contributed by atoms with Crippen LogP contribution in [-0.2, 0) is 6.54 Å². The van der Waals surface area contributed by atoms with Crippen molar-refractivity contribution in [2.75, 3.05) is 18.1 Å². The van der Waals surface area contributed by atoms with E-state index in [0.717, 1.165) is 41.5 Å². The highest BCUT2D eigenvalue weighted by molar-refractivity contribution is 5.93. The van der Waals surface area contributed by atoms with Crippen molar-refractivity contribution in [1.82, 2.24) is 4.98 Å². The summed E-state index contributed by atoms with van der Waals surface area (Å²) in [6, 6.07) is 8.33. The fourth-order valence-electron chi connectivity index (χ4n) is 2.98. The zero-order chi connectivity index (χ0) is 13.2. The van der Waals surface area contributed by atoms with Gasteiger partial charge in [-0.2, -0.15) is 0 Å². The van der Waals surface area contributed by atoms with E-state index in [-0.39, 0.29) is 12.6 Å². The molecule has 1 saturated heterocycles. The third-order valence-corrected chi connectivity index (χ3v) is 3.92. The Morgan fingerprint density at radius 3 is 3.00 bits per heavy atom. The van der Waals surface area contributed by atoms with Crippen LogP contribution in [0.15, 0.2) is 30.5 Å². The number of nitrogens with two attached hydrogens (primary N) is 1. The van der Waals surface area contributed by atoms with Crippen molar-refractivity contribution in [2.45, 2.75) is 25.4 Å². The van der Waals surface area contributed by atoms with Crippen molar-refractivity contribution in [2.24, 2.45) is 5.73 Å². The van der Waals surface area contributed by atoms with Gasteiger partial charge in [0.05, 0.1) is 23.9 Å². The minimum Gasteiger partial charge on any atom is -0.394 e. The molecule has 0 saturated carbocycles. The standard InChI is InChI=1S/C15H19N3O/c16-8-11-9-17-14-6-2-1-5-13(14)15(11)18-7-3-4-12(18)10-19/h1-2,5-6,9,12,19H,3-4,7-8,10,16H2. The summed E-state index contributed by atoms with van der Waals surface area (Å²) in [6.45, 7) is 1.65. The predicted molar refractivity (Wildman–Crippen MR) is 77.1 cm³/mol. The molecule has 1 aliphatic rings. The first-order valence-electron chi connectivity index (χ1n) is 6.79. The van der Waals surface area contributed by atoms with Crippen LogP contribution in [-0.4, -0.2) is 29.3 Å². The number of hydrogen-bond acceptors (Lipinski definition) is 4. The molecule has 0 bridgehead atoms. The molecule has 3 N–H and O–H groups in total. The Hall–Kier alpha value is -1.65. The Morgan fingerprint density at radius 1 is 1.37 bits per heavy atom. The molecule has 0 amide bonds. The van der Waals surface area contributed by atoms with Gasteiger partial charge in [-0.05, 0) is 18.9 Å². The molecule has 0 radical (unpaired) electrons. The lowest BCUT2D eigenvalue weighted by molar-refractivity contribution is 0.266. The van der Waals surface area contributed by atoms with Crippen LogP contribution < -0.4 is 10.6 Å². The molecule has 1 aromatic carbocycles. The summed E-state index contributed by atoms with van der Waals surface area (Å²) < 4.78 is 0. The number of para-hydroxylation sites is 1. The van der Waals surface area contributed by atoms with E-state index in [1.807, 2.05) is 24.4 Å². The highest BCUT2D eigenvalue weighted by Crippen LogP contribution is 2.34. The molecule has 3 rings (SSSR count). The Kier molecular flexibility index (Phi) is 3.36. The first kappa shape index (κ1) is 12.4. The Bertz CT molecular complexity index is 585. The van der Waals surface area contributed by atoms with Crippen molar-refractivity contribution >= 4 is 16.6 Å². The Morgan fingerprint density at radius 2 is 2.21 bits per heavy atom. The molecule has 1 aromatic heterocycles. The molecule has 1 aliphatic heterocycles. The second kappa shape index (κ2) is 5.15. The number of aromatic nitrogens is 1. The van der Waals surface area contributed by atoms with Gasteiger partial charge in [-0.1, -0.05) is 18.2 Å². The summed E-state index contributed by atoms with van der Waals surface area (Å²) in [5.41, 5.74) is 9.06. The number of fused-ring (bicyclic) bond motifs is 1. The molecule has 1 unspecified atom stereocenters. The number of rotatable bonds is 3. The van der Waals surface area contributed by atoms with Gasteiger partial charge in [0.15, 0.2) is 0 Å². The number of benzene rings is 1. The van der Waals surface area contributed by atoms with E-state index in [9.17, 15) is 5.11 Å². The van der Waals surface area contributed by atoms with Crippen LogP contribution in [0.2, 0.25) is 0 Å². The van der Waals surface area contributed by atoms with Crippen molar-refractivity contribution < 1.29 is 5.11 Å². The van der Waals surface area contributed by atoms with Gasteiger partial charge in [0, 0.05) is 30.2 Å². The van der Waals surface area contributed by atoms with Gasteiger partial charge in [-0.15, -0.1) is 0 Å². The molecule has 4 heteroatoms. The smallest absolute Gasteiger partial charge is 0.0723 e. The van der Waals surface area contributed by atoms with Crippen LogP contribution in [0.3, 0.4) is 0 Å². The number of pyridine rings is 1. The topological polar surface area (TPSA) is 62.4 Å². The fourth-order valence-corrected chi connectivity index (χ4v) is 2.98. The van der Waals surface area contributed by atoms with Crippen LogP contribution in [0.25, 0.3) is 10.9 Å². The molecule has 1 atom stereocenters. The lowest BCUT2D eigenvalue weighted by atomic mass is 10.1. The van der Waals surface area contributed by atoms with E-state index in [2.05, 4.69) is 16.0 Å². The molecular weight excluding hydrogens is 238 g/mol. The first-order valence-corrected chi connectivity index (χ1v) is 6.79. The van der Waals surface area contributed by atoms with Crippen molar-refractivity contribution in [3.8, 4) is 0 Å². The van der Waals surface area contributed by atoms with Crippen molar-refractivity contribution in [3.05, 3.63) is 36.0 Å². The van der Waals surface area contributed by atoms with Gasteiger partial charge in [-0.3, -0.25) is 4.98 Å². The van der Waals surface area contributed by atoms with Gasteiger partial charge in [-0.25, -0.2) is 0 Å². The maximum atomic E-state index is 9.54. The van der Waals surface area contributed by atoms with Crippen LogP contribution in [0, 0.1) is 0 Å². The van der Waals surface area contributed by atoms with Gasteiger partial charge in [0.1, 0.15) is 0 Å². The highest BCUT2D eigenvalue weighted by Gasteiger charge is 2.27. The molecule has 4 nitrogen and oxygen atoms in total. The van der Waals surface area contributed by atoms with E-state index in [0.29, 0.717) is 6.54 Å².